The van der Waals surface area contributed by atoms with E-state index >= 15 is 0 Å². The predicted octanol–water partition coefficient (Wildman–Crippen LogP) is 4.60. The zero-order valence-electron chi connectivity index (χ0n) is 18.9. The Morgan fingerprint density at radius 2 is 1.94 bits per heavy atom. The van der Waals surface area contributed by atoms with Gasteiger partial charge in [0.2, 0.25) is 11.7 Å². The predicted molar refractivity (Wildman–Crippen MR) is 128 cm³/mol. The number of nitrogens with zero attached hydrogens (tertiary/aromatic N) is 5. The molecule has 174 valence electrons. The molecular weight excluding hydrogens is 458 g/mol. The van der Waals surface area contributed by atoms with Crippen molar-refractivity contribution in [2.45, 2.75) is 6.92 Å². The minimum Gasteiger partial charge on any atom is -0.493 e. The number of hydrogen-bond donors (Lipinski definition) is 0. The minimum atomic E-state index is -0.749. The molecule has 3 rings (SSSR count). The number of carbonyl (C=O) groups excluding carboxylic acids is 1. The molecule has 0 aliphatic carbocycles. The Morgan fingerprint density at radius 3 is 2.53 bits per heavy atom. The number of aliphatic imine (C=N–C) groups is 2. The third-order valence-corrected chi connectivity index (χ3v) is 5.06. The molecule has 0 spiro atoms. The number of ether oxygens (including phenoxy) is 3. The summed E-state index contributed by atoms with van der Waals surface area (Å²) in [6, 6.07) is 14.2. The molecule has 11 heteroatoms. The van der Waals surface area contributed by atoms with Crippen molar-refractivity contribution in [1.82, 2.24) is 10.1 Å². The van der Waals surface area contributed by atoms with Gasteiger partial charge in [-0.2, -0.15) is 15.2 Å². The number of nitriles is 1. The molecule has 1 aromatic heterocycles. The van der Waals surface area contributed by atoms with Gasteiger partial charge in [0.05, 0.1) is 19.9 Å². The lowest BCUT2D eigenvalue weighted by molar-refractivity contribution is 0.183. The Morgan fingerprint density at radius 1 is 1.18 bits per heavy atom. The van der Waals surface area contributed by atoms with E-state index in [2.05, 4.69) is 15.1 Å². The van der Waals surface area contributed by atoms with Gasteiger partial charge in [-0.3, -0.25) is 0 Å². The second-order valence-electron chi connectivity index (χ2n) is 6.55. The van der Waals surface area contributed by atoms with Crippen molar-refractivity contribution < 1.29 is 23.5 Å². The van der Waals surface area contributed by atoms with Crippen LogP contribution in [0.5, 0.6) is 11.5 Å². The fourth-order valence-electron chi connectivity index (χ4n) is 2.83. The molecule has 3 aromatic rings. The minimum absolute atomic E-state index is 0.122. The molecule has 0 saturated carbocycles. The monoisotopic (exact) mass is 479 g/mol. The molecule has 0 N–H and O–H groups in total. The van der Waals surface area contributed by atoms with Gasteiger partial charge >= 0.3 is 6.09 Å². The first-order valence-electron chi connectivity index (χ1n) is 9.87. The molecular formula is C23H21N5O5S. The number of rotatable bonds is 7. The lowest BCUT2D eigenvalue weighted by Gasteiger charge is -2.13. The molecule has 0 aliphatic rings. The van der Waals surface area contributed by atoms with Crippen molar-refractivity contribution in [2.24, 2.45) is 9.98 Å². The number of hydrogen-bond acceptors (Lipinski definition) is 10. The zero-order valence-corrected chi connectivity index (χ0v) is 19.8. The van der Waals surface area contributed by atoms with E-state index in [4.69, 9.17) is 29.0 Å². The smallest absolute Gasteiger partial charge is 0.434 e. The topological polar surface area (TPSA) is 132 Å². The Labute approximate surface area is 200 Å². The van der Waals surface area contributed by atoms with Gasteiger partial charge in [-0.25, -0.2) is 9.79 Å². The van der Waals surface area contributed by atoms with Crippen LogP contribution in [0.2, 0.25) is 0 Å². The van der Waals surface area contributed by atoms with E-state index in [9.17, 15) is 4.79 Å². The van der Waals surface area contributed by atoms with Crippen LogP contribution in [-0.2, 0) is 4.74 Å². The van der Waals surface area contributed by atoms with Crippen LogP contribution >= 0.6 is 11.8 Å². The highest BCUT2D eigenvalue weighted by molar-refractivity contribution is 8.15. The summed E-state index contributed by atoms with van der Waals surface area (Å²) in [6.07, 6.45) is 1.03. The summed E-state index contributed by atoms with van der Waals surface area (Å²) >= 11 is 1.24. The van der Waals surface area contributed by atoms with Gasteiger partial charge in [0.25, 0.3) is 0 Å². The number of amides is 1. The molecule has 0 saturated heterocycles. The van der Waals surface area contributed by atoms with Gasteiger partial charge in [-0.05, 0) is 48.7 Å². The number of thioether (sulfide) groups is 1. The SMILES string of the molecule is COC(=O)/N=C(\SC)C(=Nc1ccc(-c2noc(C)n2)cc1)c1ccc(OCC#N)c(OC)c1. The van der Waals surface area contributed by atoms with Crippen LogP contribution in [0.3, 0.4) is 0 Å². The number of benzene rings is 2. The maximum absolute atomic E-state index is 11.9. The molecule has 0 atom stereocenters. The quantitative estimate of drug-likeness (QED) is 0.352. The Hall–Kier alpha value is -4.17. The molecule has 0 bridgehead atoms. The highest BCUT2D eigenvalue weighted by Gasteiger charge is 2.17. The molecule has 34 heavy (non-hydrogen) atoms. The summed E-state index contributed by atoms with van der Waals surface area (Å²) in [5, 5.41) is 13.1. The molecule has 0 fully saturated rings. The standard InChI is InChI=1S/C23H21N5O5S/c1-14-25-21(28-33-14)15-5-8-17(9-6-15)26-20(22(34-4)27-23(29)31-3)16-7-10-18(32-12-11-24)19(13-16)30-2/h5-10,13H,12H2,1-4H3/b26-20?,27-22-. The first-order chi connectivity index (χ1) is 16.5. The molecule has 2 aromatic carbocycles. The van der Waals surface area contributed by atoms with Crippen LogP contribution < -0.4 is 9.47 Å². The van der Waals surface area contributed by atoms with Crippen LogP contribution in [0.1, 0.15) is 11.5 Å². The highest BCUT2D eigenvalue weighted by atomic mass is 32.2. The summed E-state index contributed by atoms with van der Waals surface area (Å²) in [5.41, 5.74) is 2.42. The number of aryl methyl sites for hydroxylation is 1. The summed E-state index contributed by atoms with van der Waals surface area (Å²) in [6.45, 7) is 1.60. The van der Waals surface area contributed by atoms with E-state index in [1.807, 2.05) is 18.2 Å². The van der Waals surface area contributed by atoms with Crippen molar-refractivity contribution in [2.75, 3.05) is 27.1 Å². The van der Waals surface area contributed by atoms with Gasteiger partial charge in [-0.1, -0.05) is 5.16 Å². The average molecular weight is 480 g/mol. The molecule has 1 heterocycles. The lowest BCUT2D eigenvalue weighted by Crippen LogP contribution is -2.15. The first-order valence-corrected chi connectivity index (χ1v) is 11.1. The van der Waals surface area contributed by atoms with Gasteiger partial charge in [0, 0.05) is 18.1 Å². The summed E-state index contributed by atoms with van der Waals surface area (Å²) in [7, 11) is 2.74. The fraction of sp³-hybridized carbons (Fsp3) is 0.217. The fourth-order valence-corrected chi connectivity index (χ4v) is 3.36. The van der Waals surface area contributed by atoms with E-state index in [0.29, 0.717) is 45.2 Å². The van der Waals surface area contributed by atoms with E-state index in [1.165, 1.54) is 26.0 Å². The van der Waals surface area contributed by atoms with Crippen LogP contribution in [0.4, 0.5) is 10.5 Å². The van der Waals surface area contributed by atoms with Gasteiger partial charge in [0.15, 0.2) is 18.1 Å². The number of aromatic nitrogens is 2. The average Bonchev–Trinajstić information content (AvgIpc) is 3.31. The molecule has 0 aliphatic heterocycles. The van der Waals surface area contributed by atoms with Crippen LogP contribution in [0.25, 0.3) is 11.4 Å². The summed E-state index contributed by atoms with van der Waals surface area (Å²) in [4.78, 5) is 24.9. The number of carbonyl (C=O) groups is 1. The highest BCUT2D eigenvalue weighted by Crippen LogP contribution is 2.30. The van der Waals surface area contributed by atoms with Crippen molar-refractivity contribution in [3.05, 3.63) is 53.9 Å². The van der Waals surface area contributed by atoms with Gasteiger partial charge < -0.3 is 18.7 Å². The molecule has 10 nitrogen and oxygen atoms in total. The normalized spacial score (nSPS) is 11.6. The maximum atomic E-state index is 11.9. The Kier molecular flexibility index (Phi) is 8.37. The van der Waals surface area contributed by atoms with E-state index < -0.39 is 6.09 Å². The third-order valence-electron chi connectivity index (χ3n) is 4.39. The van der Waals surface area contributed by atoms with Gasteiger partial charge in [0.1, 0.15) is 16.8 Å². The van der Waals surface area contributed by atoms with Gasteiger partial charge in [-0.15, -0.1) is 11.8 Å². The second kappa shape index (κ2) is 11.6. The van der Waals surface area contributed by atoms with E-state index in [0.717, 1.165) is 5.56 Å². The number of methoxy groups -OCH3 is 2. The Bertz CT molecular complexity index is 1260. The Balaban J connectivity index is 2.07. The summed E-state index contributed by atoms with van der Waals surface area (Å²) < 4.78 is 20.5. The molecule has 0 unspecified atom stereocenters. The maximum Gasteiger partial charge on any atom is 0.434 e. The summed E-state index contributed by atoms with van der Waals surface area (Å²) in [5.74, 6) is 1.76. The lowest BCUT2D eigenvalue weighted by atomic mass is 10.1. The van der Waals surface area contributed by atoms with Crippen molar-refractivity contribution in [1.29, 1.82) is 5.26 Å². The van der Waals surface area contributed by atoms with Crippen molar-refractivity contribution >= 4 is 34.3 Å². The van der Waals surface area contributed by atoms with Crippen molar-refractivity contribution in [3.63, 3.8) is 0 Å². The zero-order chi connectivity index (χ0) is 24.5. The van der Waals surface area contributed by atoms with Crippen LogP contribution in [0, 0.1) is 18.3 Å². The van der Waals surface area contributed by atoms with Crippen LogP contribution in [0.15, 0.2) is 57.0 Å². The van der Waals surface area contributed by atoms with Crippen molar-refractivity contribution in [3.8, 4) is 29.0 Å². The van der Waals surface area contributed by atoms with E-state index in [1.54, 1.807) is 43.5 Å². The molecule has 0 radical (unpaired) electrons. The largest absolute Gasteiger partial charge is 0.493 e. The molecule has 1 amide bonds. The third kappa shape index (κ3) is 5.99. The van der Waals surface area contributed by atoms with Crippen LogP contribution in [-0.4, -0.2) is 54.1 Å². The van der Waals surface area contributed by atoms with E-state index in [-0.39, 0.29) is 6.61 Å². The first kappa shape index (κ1) is 24.5. The second-order valence-corrected chi connectivity index (χ2v) is 7.34.